The van der Waals surface area contributed by atoms with E-state index in [0.717, 1.165) is 5.69 Å². The van der Waals surface area contributed by atoms with Gasteiger partial charge in [0.2, 0.25) is 0 Å². The molecular weight excluding hydrogens is 248 g/mol. The van der Waals surface area contributed by atoms with Gasteiger partial charge in [0, 0.05) is 25.3 Å². The largest absolute Gasteiger partial charge is 0.480 e. The molecule has 0 fully saturated rings. The van der Waals surface area contributed by atoms with Crippen LogP contribution in [0.15, 0.2) is 24.3 Å². The van der Waals surface area contributed by atoms with Crippen LogP contribution in [0.5, 0.6) is 0 Å². The molecule has 0 spiro atoms. The number of carboxylic acids is 1. The Morgan fingerprint density at radius 1 is 1.32 bits per heavy atom. The van der Waals surface area contributed by atoms with E-state index in [-0.39, 0.29) is 0 Å². The molecule has 0 heterocycles. The van der Waals surface area contributed by atoms with E-state index in [1.54, 1.807) is 18.2 Å². The average Bonchev–Trinajstić information content (AvgIpc) is 2.34. The van der Waals surface area contributed by atoms with Crippen molar-refractivity contribution in [2.75, 3.05) is 19.0 Å². The molecule has 19 heavy (non-hydrogen) atoms. The number of hydrogen-bond donors (Lipinski definition) is 3. The number of carbonyl (C=O) groups excluding carboxylic acids is 1. The molecule has 0 bridgehead atoms. The number of anilines is 1. The number of aliphatic hydroxyl groups excluding tert-OH is 1. The summed E-state index contributed by atoms with van der Waals surface area (Å²) in [6, 6.07) is 5.46. The topological polar surface area (TPSA) is 89.9 Å². The summed E-state index contributed by atoms with van der Waals surface area (Å²) in [5, 5.41) is 20.5. The van der Waals surface area contributed by atoms with Crippen molar-refractivity contribution in [2.24, 2.45) is 0 Å². The molecule has 1 aromatic carbocycles. The molecule has 0 aliphatic heterocycles. The maximum Gasteiger partial charge on any atom is 0.328 e. The fourth-order valence-corrected chi connectivity index (χ4v) is 1.54. The van der Waals surface area contributed by atoms with Gasteiger partial charge in [0.05, 0.1) is 6.10 Å². The van der Waals surface area contributed by atoms with Crippen molar-refractivity contribution >= 4 is 17.6 Å². The Bertz CT molecular complexity index is 471. The summed E-state index contributed by atoms with van der Waals surface area (Å²) in [6.45, 7) is 1.31. The molecular formula is C13H18N2O4. The molecule has 1 rings (SSSR count). The highest BCUT2D eigenvalue weighted by atomic mass is 16.4. The van der Waals surface area contributed by atoms with Gasteiger partial charge in [-0.3, -0.25) is 4.79 Å². The number of carbonyl (C=O) groups is 2. The molecule has 0 aliphatic rings. The zero-order chi connectivity index (χ0) is 14.6. The number of aliphatic hydroxyl groups is 1. The lowest BCUT2D eigenvalue weighted by Gasteiger charge is -2.18. The second-order valence-electron chi connectivity index (χ2n) is 4.47. The van der Waals surface area contributed by atoms with Crippen LogP contribution in [0.25, 0.3) is 0 Å². The Kier molecular flexibility index (Phi) is 4.88. The van der Waals surface area contributed by atoms with Gasteiger partial charge in [-0.05, 0) is 25.1 Å². The third-order valence-electron chi connectivity index (χ3n) is 2.66. The number of amides is 1. The number of nitrogens with zero attached hydrogens (tertiary/aromatic N) is 1. The molecule has 2 atom stereocenters. The SMILES string of the molecule is C[C@@H](O)[C@H](NC(=O)c1cccc(N(C)C)c1)C(=O)O. The number of carboxylic acid groups (broad SMARTS) is 1. The number of aliphatic carboxylic acids is 1. The standard InChI is InChI=1S/C13H18N2O4/c1-8(16)11(13(18)19)14-12(17)9-5-4-6-10(7-9)15(2)3/h4-8,11,16H,1-3H3,(H,14,17)(H,18,19)/t8-,11+/m1/s1. The second kappa shape index (κ2) is 6.19. The maximum absolute atomic E-state index is 11.9. The molecule has 1 aromatic rings. The van der Waals surface area contributed by atoms with Crippen LogP contribution in [0.1, 0.15) is 17.3 Å². The number of hydrogen-bond acceptors (Lipinski definition) is 4. The first-order valence-electron chi connectivity index (χ1n) is 5.82. The van der Waals surface area contributed by atoms with Crippen LogP contribution >= 0.6 is 0 Å². The molecule has 104 valence electrons. The molecule has 0 saturated carbocycles. The first kappa shape index (κ1) is 15.0. The van der Waals surface area contributed by atoms with Crippen LogP contribution in [0.3, 0.4) is 0 Å². The van der Waals surface area contributed by atoms with Crippen LogP contribution in [0, 0.1) is 0 Å². The van der Waals surface area contributed by atoms with Gasteiger partial charge in [0.1, 0.15) is 0 Å². The Morgan fingerprint density at radius 2 is 1.95 bits per heavy atom. The molecule has 6 heteroatoms. The van der Waals surface area contributed by atoms with Crippen molar-refractivity contribution in [1.29, 1.82) is 0 Å². The highest BCUT2D eigenvalue weighted by Crippen LogP contribution is 2.13. The van der Waals surface area contributed by atoms with Crippen LogP contribution in [-0.2, 0) is 4.79 Å². The molecule has 0 radical (unpaired) electrons. The van der Waals surface area contributed by atoms with E-state index < -0.39 is 24.0 Å². The first-order valence-corrected chi connectivity index (χ1v) is 5.82. The van der Waals surface area contributed by atoms with Gasteiger partial charge in [0.15, 0.2) is 6.04 Å². The first-order chi connectivity index (χ1) is 8.82. The fourth-order valence-electron chi connectivity index (χ4n) is 1.54. The summed E-state index contributed by atoms with van der Waals surface area (Å²) in [5.41, 5.74) is 1.18. The van der Waals surface area contributed by atoms with Crippen molar-refractivity contribution in [3.05, 3.63) is 29.8 Å². The van der Waals surface area contributed by atoms with Crippen molar-refractivity contribution < 1.29 is 19.8 Å². The number of rotatable bonds is 5. The lowest BCUT2D eigenvalue weighted by Crippen LogP contribution is -2.47. The van der Waals surface area contributed by atoms with E-state index in [1.807, 2.05) is 25.1 Å². The summed E-state index contributed by atoms with van der Waals surface area (Å²) in [6.07, 6.45) is -1.17. The summed E-state index contributed by atoms with van der Waals surface area (Å²) < 4.78 is 0. The summed E-state index contributed by atoms with van der Waals surface area (Å²) in [7, 11) is 3.68. The summed E-state index contributed by atoms with van der Waals surface area (Å²) in [4.78, 5) is 24.7. The Balaban J connectivity index is 2.88. The third-order valence-corrected chi connectivity index (χ3v) is 2.66. The normalized spacial score (nSPS) is 13.5. The van der Waals surface area contributed by atoms with E-state index in [2.05, 4.69) is 5.32 Å². The molecule has 0 aromatic heterocycles. The minimum Gasteiger partial charge on any atom is -0.480 e. The van der Waals surface area contributed by atoms with E-state index >= 15 is 0 Å². The monoisotopic (exact) mass is 266 g/mol. The highest BCUT2D eigenvalue weighted by Gasteiger charge is 2.25. The quantitative estimate of drug-likeness (QED) is 0.714. The molecule has 1 amide bonds. The minimum absolute atomic E-state index is 0.345. The molecule has 0 aliphatic carbocycles. The number of nitrogens with one attached hydrogen (secondary N) is 1. The van der Waals surface area contributed by atoms with Gasteiger partial charge in [-0.25, -0.2) is 4.79 Å². The minimum atomic E-state index is -1.32. The van der Waals surface area contributed by atoms with Crippen molar-refractivity contribution in [1.82, 2.24) is 5.32 Å². The predicted molar refractivity (Wildman–Crippen MR) is 71.3 cm³/mol. The van der Waals surface area contributed by atoms with E-state index in [4.69, 9.17) is 5.11 Å². The summed E-state index contributed by atoms with van der Waals surface area (Å²) >= 11 is 0. The third kappa shape index (κ3) is 3.96. The Morgan fingerprint density at radius 3 is 2.42 bits per heavy atom. The maximum atomic E-state index is 11.9. The molecule has 0 saturated heterocycles. The number of benzene rings is 1. The van der Waals surface area contributed by atoms with Crippen LogP contribution in [0.2, 0.25) is 0 Å². The highest BCUT2D eigenvalue weighted by molar-refractivity contribution is 5.97. The second-order valence-corrected chi connectivity index (χ2v) is 4.47. The Labute approximate surface area is 111 Å². The van der Waals surface area contributed by atoms with Crippen molar-refractivity contribution in [2.45, 2.75) is 19.1 Å². The van der Waals surface area contributed by atoms with Gasteiger partial charge in [-0.1, -0.05) is 6.07 Å². The van der Waals surface area contributed by atoms with E-state index in [1.165, 1.54) is 6.92 Å². The lowest BCUT2D eigenvalue weighted by atomic mass is 10.1. The van der Waals surface area contributed by atoms with Crippen LogP contribution in [0.4, 0.5) is 5.69 Å². The van der Waals surface area contributed by atoms with E-state index in [9.17, 15) is 14.7 Å². The van der Waals surface area contributed by atoms with Crippen LogP contribution < -0.4 is 10.2 Å². The van der Waals surface area contributed by atoms with Crippen molar-refractivity contribution in [3.63, 3.8) is 0 Å². The van der Waals surface area contributed by atoms with Gasteiger partial charge >= 0.3 is 5.97 Å². The van der Waals surface area contributed by atoms with Crippen LogP contribution in [-0.4, -0.2) is 48.3 Å². The lowest BCUT2D eigenvalue weighted by molar-refractivity contribution is -0.141. The zero-order valence-corrected chi connectivity index (χ0v) is 11.1. The van der Waals surface area contributed by atoms with Crippen molar-refractivity contribution in [3.8, 4) is 0 Å². The summed E-state index contributed by atoms with van der Waals surface area (Å²) in [5.74, 6) is -1.80. The van der Waals surface area contributed by atoms with Gasteiger partial charge in [-0.2, -0.15) is 0 Å². The molecule has 3 N–H and O–H groups in total. The average molecular weight is 266 g/mol. The predicted octanol–water partition coefficient (Wildman–Crippen LogP) is 0.316. The smallest absolute Gasteiger partial charge is 0.328 e. The molecule has 6 nitrogen and oxygen atoms in total. The Hall–Kier alpha value is -2.08. The fraction of sp³-hybridized carbons (Fsp3) is 0.385. The van der Waals surface area contributed by atoms with Gasteiger partial charge < -0.3 is 20.4 Å². The molecule has 0 unspecified atom stereocenters. The van der Waals surface area contributed by atoms with Gasteiger partial charge in [0.25, 0.3) is 5.91 Å². The van der Waals surface area contributed by atoms with Gasteiger partial charge in [-0.15, -0.1) is 0 Å². The zero-order valence-electron chi connectivity index (χ0n) is 11.1. The van der Waals surface area contributed by atoms with E-state index in [0.29, 0.717) is 5.56 Å².